The van der Waals surface area contributed by atoms with Crippen molar-refractivity contribution in [2.75, 3.05) is 34.4 Å². The summed E-state index contributed by atoms with van der Waals surface area (Å²) in [5.74, 6) is 1.37. The normalized spacial score (nSPS) is 14.0. The van der Waals surface area contributed by atoms with Crippen LogP contribution < -0.4 is 0 Å². The molecule has 1 aliphatic heterocycles. The summed E-state index contributed by atoms with van der Waals surface area (Å²) in [4.78, 5) is 14.9. The number of hydrogen-bond acceptors (Lipinski definition) is 4. The zero-order chi connectivity index (χ0) is 21.6. The van der Waals surface area contributed by atoms with E-state index in [9.17, 15) is 0 Å². The van der Waals surface area contributed by atoms with Crippen molar-refractivity contribution in [2.45, 2.75) is 34.1 Å². The number of nitrogens with one attached hydrogen (secondary N) is 1. The molecule has 0 aromatic carbocycles. The van der Waals surface area contributed by atoms with E-state index >= 15 is 0 Å². The van der Waals surface area contributed by atoms with E-state index < -0.39 is 0 Å². The van der Waals surface area contributed by atoms with Crippen LogP contribution in [0.4, 0.5) is 0 Å². The van der Waals surface area contributed by atoms with Crippen molar-refractivity contribution in [3.05, 3.63) is 46.3 Å². The first-order chi connectivity index (χ1) is 13.8. The van der Waals surface area contributed by atoms with Gasteiger partial charge in [0.25, 0.3) is 0 Å². The quantitative estimate of drug-likeness (QED) is 0.715. The van der Waals surface area contributed by atoms with Crippen molar-refractivity contribution in [3.8, 4) is 0 Å². The topological polar surface area (TPSA) is 53.5 Å². The fourth-order valence-corrected chi connectivity index (χ4v) is 3.31. The summed E-state index contributed by atoms with van der Waals surface area (Å²) in [7, 11) is 5.71. The number of aliphatic imine (C=N–C) groups is 1. The van der Waals surface area contributed by atoms with Crippen LogP contribution in [0.3, 0.4) is 0 Å². The maximum absolute atomic E-state index is 6.55. The van der Waals surface area contributed by atoms with Crippen molar-refractivity contribution in [1.29, 1.82) is 0 Å². The average Bonchev–Trinajstić information content (AvgIpc) is 2.89. The number of nitrogens with zero attached hydrogens (tertiary/aromatic N) is 3. The van der Waals surface area contributed by atoms with Crippen LogP contribution in [0.25, 0.3) is 16.6 Å². The number of hydrogen-bond donors (Lipinski definition) is 1. The van der Waals surface area contributed by atoms with Crippen molar-refractivity contribution in [3.63, 3.8) is 0 Å². The lowest BCUT2D eigenvalue weighted by Gasteiger charge is -2.18. The fraction of sp³-hybridized carbons (Fsp3) is 0.478. The molecule has 0 atom stereocenters. The lowest BCUT2D eigenvalue weighted by Crippen LogP contribution is -2.24. The third-order valence-corrected chi connectivity index (χ3v) is 5.03. The van der Waals surface area contributed by atoms with Crippen LogP contribution in [-0.4, -0.2) is 55.1 Å². The molecule has 29 heavy (non-hydrogen) atoms. The monoisotopic (exact) mass is 416 g/mol. The Morgan fingerprint density at radius 2 is 2.00 bits per heavy atom. The summed E-state index contributed by atoms with van der Waals surface area (Å²) in [6.07, 6.45) is 7.34. The van der Waals surface area contributed by atoms with Crippen molar-refractivity contribution in [2.24, 2.45) is 10.9 Å². The molecule has 3 rings (SSSR count). The SMILES string of the molecule is CCCOC.Cc1c[nH]c2cc(Cl)c(C3=CC=C(C(C)C)CN=C3N(C)C)nc12. The van der Waals surface area contributed by atoms with Gasteiger partial charge in [0.1, 0.15) is 5.84 Å². The van der Waals surface area contributed by atoms with Gasteiger partial charge in [-0.2, -0.15) is 0 Å². The van der Waals surface area contributed by atoms with Gasteiger partial charge in [-0.1, -0.05) is 38.4 Å². The highest BCUT2D eigenvalue weighted by atomic mass is 35.5. The van der Waals surface area contributed by atoms with E-state index in [4.69, 9.17) is 26.3 Å². The molecule has 158 valence electrons. The number of likely N-dealkylation sites (N-methyl/N-ethyl adjacent to an activating group) is 1. The Morgan fingerprint density at radius 1 is 1.28 bits per heavy atom. The highest BCUT2D eigenvalue weighted by Gasteiger charge is 2.20. The van der Waals surface area contributed by atoms with E-state index in [0.717, 1.165) is 46.7 Å². The molecule has 2 aromatic heterocycles. The molecule has 0 bridgehead atoms. The van der Waals surface area contributed by atoms with Gasteiger partial charge in [0, 0.05) is 39.6 Å². The smallest absolute Gasteiger partial charge is 0.132 e. The lowest BCUT2D eigenvalue weighted by atomic mass is 10.0. The van der Waals surface area contributed by atoms with Gasteiger partial charge in [-0.15, -0.1) is 0 Å². The number of H-pyrrole nitrogens is 1. The highest BCUT2D eigenvalue weighted by Crippen LogP contribution is 2.30. The molecule has 0 unspecified atom stereocenters. The number of halogens is 1. The van der Waals surface area contributed by atoms with Crippen molar-refractivity contribution in [1.82, 2.24) is 14.9 Å². The number of rotatable bonds is 4. The Bertz CT molecular complexity index is 920. The second-order valence-corrected chi connectivity index (χ2v) is 8.10. The second-order valence-electron chi connectivity index (χ2n) is 7.69. The first-order valence-corrected chi connectivity index (χ1v) is 10.4. The van der Waals surface area contributed by atoms with Gasteiger partial charge in [-0.3, -0.25) is 4.99 Å². The number of allylic oxidation sites excluding steroid dienone is 2. The number of aromatic amines is 1. The lowest BCUT2D eigenvalue weighted by molar-refractivity contribution is 0.199. The predicted octanol–water partition coefficient (Wildman–Crippen LogP) is 5.51. The van der Waals surface area contributed by atoms with Crippen LogP contribution >= 0.6 is 11.6 Å². The Labute approximate surface area is 179 Å². The summed E-state index contributed by atoms with van der Waals surface area (Å²) >= 11 is 6.55. The second kappa shape index (κ2) is 10.6. The van der Waals surface area contributed by atoms with Gasteiger partial charge in [0.2, 0.25) is 0 Å². The molecule has 5 nitrogen and oxygen atoms in total. The Balaban J connectivity index is 0.000000537. The van der Waals surface area contributed by atoms with Crippen molar-refractivity contribution < 1.29 is 4.74 Å². The number of amidine groups is 1. The van der Waals surface area contributed by atoms with Gasteiger partial charge in [-0.25, -0.2) is 4.98 Å². The highest BCUT2D eigenvalue weighted by molar-refractivity contribution is 6.35. The van der Waals surface area contributed by atoms with Crippen LogP contribution in [0, 0.1) is 12.8 Å². The number of fused-ring (bicyclic) bond motifs is 1. The molecular weight excluding hydrogens is 384 g/mol. The minimum Gasteiger partial charge on any atom is -0.385 e. The van der Waals surface area contributed by atoms with E-state index in [0.29, 0.717) is 17.5 Å². The van der Waals surface area contributed by atoms with Crippen LogP contribution in [0.2, 0.25) is 5.02 Å². The standard InChI is InChI=1S/C19H23ClN4.C4H10O/c1-11(2)13-6-7-14(19(22-10-13)24(4)5)18-15(20)8-16-17(23-18)12(3)9-21-16;1-3-4-5-2/h6-9,11,21H,10H2,1-5H3;3-4H2,1-2H3. The largest absolute Gasteiger partial charge is 0.385 e. The average molecular weight is 417 g/mol. The van der Waals surface area contributed by atoms with E-state index in [1.165, 1.54) is 5.57 Å². The van der Waals surface area contributed by atoms with Gasteiger partial charge >= 0.3 is 0 Å². The molecular formula is C23H33ClN4O. The molecule has 0 saturated carbocycles. The molecule has 6 heteroatoms. The minimum absolute atomic E-state index is 0.464. The summed E-state index contributed by atoms with van der Waals surface area (Å²) < 4.78 is 4.69. The Kier molecular flexibility index (Phi) is 8.47. The number of aromatic nitrogens is 2. The predicted molar refractivity (Wildman–Crippen MR) is 125 cm³/mol. The first-order valence-electron chi connectivity index (χ1n) is 10.1. The van der Waals surface area contributed by atoms with Crippen LogP contribution in [0.15, 0.2) is 35.0 Å². The zero-order valence-corrected chi connectivity index (χ0v) is 19.4. The molecule has 0 amide bonds. The van der Waals surface area contributed by atoms with Crippen LogP contribution in [0.5, 0.6) is 0 Å². The maximum atomic E-state index is 6.55. The van der Waals surface area contributed by atoms with Gasteiger partial charge < -0.3 is 14.6 Å². The minimum atomic E-state index is 0.464. The molecule has 0 spiro atoms. The van der Waals surface area contributed by atoms with Crippen molar-refractivity contribution >= 4 is 34.0 Å². The zero-order valence-electron chi connectivity index (χ0n) is 18.6. The van der Waals surface area contributed by atoms with Crippen LogP contribution in [0.1, 0.15) is 38.4 Å². The Morgan fingerprint density at radius 3 is 2.55 bits per heavy atom. The maximum Gasteiger partial charge on any atom is 0.132 e. The van der Waals surface area contributed by atoms with E-state index in [1.807, 2.05) is 38.2 Å². The van der Waals surface area contributed by atoms with Gasteiger partial charge in [0.05, 0.1) is 28.3 Å². The molecule has 0 fully saturated rings. The molecule has 1 N–H and O–H groups in total. The molecule has 0 aliphatic carbocycles. The first kappa shape index (κ1) is 23.2. The summed E-state index contributed by atoms with van der Waals surface area (Å²) in [6, 6.07) is 1.94. The van der Waals surface area contributed by atoms with E-state index in [1.54, 1.807) is 7.11 Å². The number of aryl methyl sites for hydroxylation is 1. The number of ether oxygens (including phenoxy) is 1. The van der Waals surface area contributed by atoms with Crippen LogP contribution in [-0.2, 0) is 4.74 Å². The molecule has 1 aliphatic rings. The van der Waals surface area contributed by atoms with Gasteiger partial charge in [0.15, 0.2) is 0 Å². The summed E-state index contributed by atoms with van der Waals surface area (Å²) in [5.41, 5.74) is 6.06. The fourth-order valence-electron chi connectivity index (χ4n) is 3.06. The molecule has 3 heterocycles. The third kappa shape index (κ3) is 5.71. The number of methoxy groups -OCH3 is 1. The van der Waals surface area contributed by atoms with Gasteiger partial charge in [-0.05, 0) is 42.5 Å². The van der Waals surface area contributed by atoms with E-state index in [2.05, 4.69) is 37.9 Å². The summed E-state index contributed by atoms with van der Waals surface area (Å²) in [5, 5.41) is 0.631. The number of pyridine rings is 1. The molecule has 0 radical (unpaired) electrons. The molecule has 2 aromatic rings. The third-order valence-electron chi connectivity index (χ3n) is 4.74. The summed E-state index contributed by atoms with van der Waals surface area (Å²) in [6.45, 7) is 10.1. The Hall–Kier alpha value is -2.11. The molecule has 0 saturated heterocycles. The van der Waals surface area contributed by atoms with E-state index in [-0.39, 0.29) is 0 Å².